The van der Waals surface area contributed by atoms with Gasteiger partial charge in [-0.2, -0.15) is 0 Å². The first-order chi connectivity index (χ1) is 7.49. The molecule has 0 aromatic rings. The van der Waals surface area contributed by atoms with Crippen LogP contribution in [-0.4, -0.2) is 54.2 Å². The fraction of sp³-hybridized carbons (Fsp3) is 0.800. The monoisotopic (exact) mass is 229 g/mol. The number of rotatable bonds is 4. The minimum Gasteiger partial charge on any atom is -0.387 e. The van der Waals surface area contributed by atoms with Gasteiger partial charge in [-0.15, -0.1) is 0 Å². The molecular formula is C10H19N3O3. The van der Waals surface area contributed by atoms with Crippen LogP contribution in [0, 0.1) is 0 Å². The SMILES string of the molecule is CCCC1(O)CN(CC(=O)NC(=O)NC)C1. The van der Waals surface area contributed by atoms with E-state index in [0.717, 1.165) is 12.8 Å². The third-order valence-electron chi connectivity index (χ3n) is 2.60. The molecule has 3 amide bonds. The zero-order valence-corrected chi connectivity index (χ0v) is 9.75. The van der Waals surface area contributed by atoms with Crippen LogP contribution in [-0.2, 0) is 4.79 Å². The zero-order valence-electron chi connectivity index (χ0n) is 9.75. The van der Waals surface area contributed by atoms with Gasteiger partial charge in [-0.25, -0.2) is 4.79 Å². The van der Waals surface area contributed by atoms with Crippen LogP contribution in [0.25, 0.3) is 0 Å². The van der Waals surface area contributed by atoms with E-state index >= 15 is 0 Å². The summed E-state index contributed by atoms with van der Waals surface area (Å²) in [6.45, 7) is 3.17. The number of aliphatic hydroxyl groups is 1. The van der Waals surface area contributed by atoms with Crippen LogP contribution in [0.2, 0.25) is 0 Å². The first-order valence-corrected chi connectivity index (χ1v) is 5.45. The second-order valence-corrected chi connectivity index (χ2v) is 4.25. The molecule has 0 atom stereocenters. The van der Waals surface area contributed by atoms with E-state index in [1.807, 2.05) is 11.8 Å². The predicted octanol–water partition coefficient (Wildman–Crippen LogP) is -0.711. The van der Waals surface area contributed by atoms with Gasteiger partial charge in [0.25, 0.3) is 0 Å². The molecular weight excluding hydrogens is 210 g/mol. The Bertz CT molecular complexity index is 274. The molecule has 6 heteroatoms. The van der Waals surface area contributed by atoms with Gasteiger partial charge in [-0.1, -0.05) is 13.3 Å². The Labute approximate surface area is 95.0 Å². The van der Waals surface area contributed by atoms with Gasteiger partial charge in [0.1, 0.15) is 0 Å². The molecule has 1 heterocycles. The number of urea groups is 1. The number of hydrogen-bond donors (Lipinski definition) is 3. The van der Waals surface area contributed by atoms with Gasteiger partial charge >= 0.3 is 6.03 Å². The average Bonchev–Trinajstić information content (AvgIpc) is 2.15. The van der Waals surface area contributed by atoms with E-state index in [-0.39, 0.29) is 12.5 Å². The maximum absolute atomic E-state index is 11.3. The Morgan fingerprint density at radius 2 is 2.06 bits per heavy atom. The molecule has 0 aromatic carbocycles. The highest BCUT2D eigenvalue weighted by Gasteiger charge is 2.40. The second kappa shape index (κ2) is 5.27. The molecule has 1 aliphatic heterocycles. The minimum absolute atomic E-state index is 0.152. The molecule has 0 saturated carbocycles. The number of imide groups is 1. The van der Waals surface area contributed by atoms with Gasteiger partial charge in [0.2, 0.25) is 5.91 Å². The third kappa shape index (κ3) is 3.46. The lowest BCUT2D eigenvalue weighted by molar-refractivity contribution is -0.132. The molecule has 1 fully saturated rings. The van der Waals surface area contributed by atoms with Gasteiger partial charge in [0, 0.05) is 20.1 Å². The molecule has 0 spiro atoms. The van der Waals surface area contributed by atoms with Crippen LogP contribution in [0.4, 0.5) is 4.79 Å². The topological polar surface area (TPSA) is 81.7 Å². The number of nitrogens with one attached hydrogen (secondary N) is 2. The van der Waals surface area contributed by atoms with Crippen LogP contribution in [0.1, 0.15) is 19.8 Å². The van der Waals surface area contributed by atoms with Crippen molar-refractivity contribution in [1.82, 2.24) is 15.5 Å². The third-order valence-corrected chi connectivity index (χ3v) is 2.60. The summed E-state index contributed by atoms with van der Waals surface area (Å²) in [5.74, 6) is -0.349. The molecule has 1 aliphatic rings. The summed E-state index contributed by atoms with van der Waals surface area (Å²) in [5.41, 5.74) is -0.637. The van der Waals surface area contributed by atoms with Crippen LogP contribution in [0.5, 0.6) is 0 Å². The van der Waals surface area contributed by atoms with E-state index < -0.39 is 11.6 Å². The van der Waals surface area contributed by atoms with E-state index in [2.05, 4.69) is 10.6 Å². The zero-order chi connectivity index (χ0) is 12.2. The molecule has 0 radical (unpaired) electrons. The lowest BCUT2D eigenvalue weighted by Gasteiger charge is -2.46. The molecule has 1 saturated heterocycles. The van der Waals surface area contributed by atoms with Gasteiger partial charge < -0.3 is 10.4 Å². The molecule has 16 heavy (non-hydrogen) atoms. The number of β-amino-alcohol motifs (C(OH)–C–C–N with tert-alkyl or cyclic N) is 1. The van der Waals surface area contributed by atoms with Crippen LogP contribution >= 0.6 is 0 Å². The van der Waals surface area contributed by atoms with Crippen molar-refractivity contribution in [2.45, 2.75) is 25.4 Å². The first-order valence-electron chi connectivity index (χ1n) is 5.45. The highest BCUT2D eigenvalue weighted by Crippen LogP contribution is 2.24. The lowest BCUT2D eigenvalue weighted by atomic mass is 9.89. The van der Waals surface area contributed by atoms with Crippen molar-refractivity contribution in [1.29, 1.82) is 0 Å². The molecule has 0 aromatic heterocycles. The highest BCUT2D eigenvalue weighted by atomic mass is 16.3. The Kier molecular flexibility index (Phi) is 4.26. The summed E-state index contributed by atoms with van der Waals surface area (Å²) in [4.78, 5) is 23.9. The van der Waals surface area contributed by atoms with Crippen molar-refractivity contribution in [3.63, 3.8) is 0 Å². The fourth-order valence-corrected chi connectivity index (χ4v) is 1.95. The summed E-state index contributed by atoms with van der Waals surface area (Å²) in [6, 6.07) is -0.505. The van der Waals surface area contributed by atoms with Crippen molar-refractivity contribution in [3.8, 4) is 0 Å². The summed E-state index contributed by atoms with van der Waals surface area (Å²) >= 11 is 0. The average molecular weight is 229 g/mol. The maximum Gasteiger partial charge on any atom is 0.321 e. The maximum atomic E-state index is 11.3. The molecule has 0 bridgehead atoms. The molecule has 92 valence electrons. The highest BCUT2D eigenvalue weighted by molar-refractivity contribution is 5.95. The van der Waals surface area contributed by atoms with E-state index in [9.17, 15) is 14.7 Å². The number of likely N-dealkylation sites (tertiary alicyclic amines) is 1. The van der Waals surface area contributed by atoms with Crippen LogP contribution in [0.3, 0.4) is 0 Å². The normalized spacial score (nSPS) is 18.7. The molecule has 1 rings (SSSR count). The van der Waals surface area contributed by atoms with Crippen molar-refractivity contribution in [2.24, 2.45) is 0 Å². The van der Waals surface area contributed by atoms with E-state index in [1.165, 1.54) is 7.05 Å². The molecule has 3 N–H and O–H groups in total. The number of carbonyl (C=O) groups excluding carboxylic acids is 2. The number of nitrogens with zero attached hydrogens (tertiary/aromatic N) is 1. The van der Waals surface area contributed by atoms with Crippen molar-refractivity contribution >= 4 is 11.9 Å². The molecule has 0 unspecified atom stereocenters. The second-order valence-electron chi connectivity index (χ2n) is 4.25. The van der Waals surface area contributed by atoms with E-state index in [4.69, 9.17) is 0 Å². The van der Waals surface area contributed by atoms with Crippen LogP contribution < -0.4 is 10.6 Å². The quantitative estimate of drug-likeness (QED) is 0.595. The van der Waals surface area contributed by atoms with Crippen molar-refractivity contribution in [3.05, 3.63) is 0 Å². The predicted molar refractivity (Wildman–Crippen MR) is 58.9 cm³/mol. The fourth-order valence-electron chi connectivity index (χ4n) is 1.95. The largest absolute Gasteiger partial charge is 0.387 e. The Balaban J connectivity index is 2.22. The smallest absolute Gasteiger partial charge is 0.321 e. The van der Waals surface area contributed by atoms with Crippen LogP contribution in [0.15, 0.2) is 0 Å². The van der Waals surface area contributed by atoms with Crippen molar-refractivity contribution in [2.75, 3.05) is 26.7 Å². The molecule has 0 aliphatic carbocycles. The number of amides is 3. The van der Waals surface area contributed by atoms with Crippen molar-refractivity contribution < 1.29 is 14.7 Å². The molecule has 6 nitrogen and oxygen atoms in total. The van der Waals surface area contributed by atoms with Gasteiger partial charge in [0.15, 0.2) is 0 Å². The Hall–Kier alpha value is -1.14. The number of hydrogen-bond acceptors (Lipinski definition) is 4. The summed E-state index contributed by atoms with van der Waals surface area (Å²) < 4.78 is 0. The van der Waals surface area contributed by atoms with E-state index in [0.29, 0.717) is 13.1 Å². The Morgan fingerprint density at radius 3 is 2.56 bits per heavy atom. The Morgan fingerprint density at radius 1 is 1.44 bits per heavy atom. The van der Waals surface area contributed by atoms with Gasteiger partial charge in [-0.05, 0) is 6.42 Å². The van der Waals surface area contributed by atoms with E-state index in [1.54, 1.807) is 0 Å². The summed E-state index contributed by atoms with van der Waals surface area (Å²) in [5, 5.41) is 14.3. The van der Waals surface area contributed by atoms with Gasteiger partial charge in [-0.3, -0.25) is 15.0 Å². The minimum atomic E-state index is -0.637. The van der Waals surface area contributed by atoms with Gasteiger partial charge in [0.05, 0.1) is 12.1 Å². The number of carbonyl (C=O) groups is 2. The lowest BCUT2D eigenvalue weighted by Crippen LogP contribution is -2.63. The standard InChI is InChI=1S/C10H19N3O3/c1-3-4-10(16)6-13(7-10)5-8(14)12-9(15)11-2/h16H,3-7H2,1-2H3,(H2,11,12,14,15). The first kappa shape index (κ1) is 12.9. The summed E-state index contributed by atoms with van der Waals surface area (Å²) in [6.07, 6.45) is 1.68. The summed E-state index contributed by atoms with van der Waals surface area (Å²) in [7, 11) is 1.45.